The summed E-state index contributed by atoms with van der Waals surface area (Å²) in [6.07, 6.45) is 8.83. The van der Waals surface area contributed by atoms with E-state index in [1.807, 2.05) is 5.43 Å². The van der Waals surface area contributed by atoms with Gasteiger partial charge in [0.15, 0.2) is 11.6 Å². The van der Waals surface area contributed by atoms with Gasteiger partial charge in [-0.15, -0.1) is 0 Å². The highest BCUT2D eigenvalue weighted by atomic mass is 16.5. The first kappa shape index (κ1) is 41.7. The molecule has 3 rings (SSSR count). The van der Waals surface area contributed by atoms with Gasteiger partial charge >= 0.3 is 23.9 Å². The molecule has 0 radical (unpaired) electrons. The minimum Gasteiger partial charge on any atom is -0.465 e. The Labute approximate surface area is 303 Å². The molecule has 0 aliphatic heterocycles. The number of nitrogen functional groups attached to an aromatic ring is 1. The monoisotopic (exact) mass is 726 g/mol. The van der Waals surface area contributed by atoms with Gasteiger partial charge in [0.1, 0.15) is 18.1 Å². The summed E-state index contributed by atoms with van der Waals surface area (Å²) in [5.74, 6) is 1.23. The number of benzene rings is 1. The van der Waals surface area contributed by atoms with Gasteiger partial charge in [0.05, 0.1) is 36.5 Å². The van der Waals surface area contributed by atoms with Crippen molar-refractivity contribution in [3.63, 3.8) is 0 Å². The molecule has 0 unspecified atom stereocenters. The summed E-state index contributed by atoms with van der Waals surface area (Å²) in [6, 6.07) is 4.06. The largest absolute Gasteiger partial charge is 0.465 e. The molecule has 284 valence electrons. The highest BCUT2D eigenvalue weighted by molar-refractivity contribution is 5.98. The Morgan fingerprint density at radius 3 is 1.85 bits per heavy atom. The van der Waals surface area contributed by atoms with Crippen LogP contribution in [0, 0.1) is 23.7 Å². The quantitative estimate of drug-likeness (QED) is 0.0346. The van der Waals surface area contributed by atoms with Gasteiger partial charge < -0.3 is 23.7 Å². The fourth-order valence-corrected chi connectivity index (χ4v) is 6.15. The Kier molecular flexibility index (Phi) is 17.9. The SMILES string of the molecule is C=CC(=O)CCCCOCC(=O)C1CCC(C(=O)Oc2ccc(OC(=O)C3CCC(C(=O)OCCCCOC(=O)C=C)CC3)cc2C(=O)NN)CC1. The van der Waals surface area contributed by atoms with E-state index in [1.54, 1.807) is 0 Å². The number of Topliss-reactive ketones (excluding diaryl/α,β-unsaturated/α-hetero) is 1. The second-order valence-electron chi connectivity index (χ2n) is 13.0. The number of nitrogens with two attached hydrogens (primary N) is 1. The van der Waals surface area contributed by atoms with Crippen LogP contribution in [-0.4, -0.2) is 67.8 Å². The van der Waals surface area contributed by atoms with Gasteiger partial charge in [0, 0.05) is 25.0 Å². The third-order valence-corrected chi connectivity index (χ3v) is 9.29. The second-order valence-corrected chi connectivity index (χ2v) is 13.0. The maximum absolute atomic E-state index is 13.1. The Hall–Kier alpha value is -4.69. The Morgan fingerprint density at radius 1 is 0.692 bits per heavy atom. The Bertz CT molecular complexity index is 1440. The summed E-state index contributed by atoms with van der Waals surface area (Å²) < 4.78 is 26.9. The predicted octanol–water partition coefficient (Wildman–Crippen LogP) is 4.28. The number of carbonyl (C=O) groups is 7. The Morgan fingerprint density at radius 2 is 1.25 bits per heavy atom. The molecule has 14 nitrogen and oxygen atoms in total. The number of nitrogens with one attached hydrogen (secondary N) is 1. The molecule has 0 aromatic heterocycles. The molecule has 2 saturated carbocycles. The molecule has 1 aromatic rings. The number of allylic oxidation sites excluding steroid dienone is 1. The number of hydrogen-bond donors (Lipinski definition) is 2. The Balaban J connectivity index is 1.42. The normalized spacial score (nSPS) is 19.7. The number of carbonyl (C=O) groups excluding carboxylic acids is 7. The van der Waals surface area contributed by atoms with Gasteiger partial charge in [-0.3, -0.25) is 34.2 Å². The lowest BCUT2D eigenvalue weighted by Gasteiger charge is -2.26. The number of esters is 4. The van der Waals surface area contributed by atoms with Gasteiger partial charge in [0.25, 0.3) is 5.91 Å². The first-order chi connectivity index (χ1) is 25.1. The van der Waals surface area contributed by atoms with E-state index >= 15 is 0 Å². The van der Waals surface area contributed by atoms with Crippen molar-refractivity contribution in [2.45, 2.75) is 83.5 Å². The average molecular weight is 727 g/mol. The zero-order valence-electron chi connectivity index (χ0n) is 29.6. The average Bonchev–Trinajstić information content (AvgIpc) is 3.17. The number of rotatable bonds is 21. The van der Waals surface area contributed by atoms with E-state index in [9.17, 15) is 33.6 Å². The van der Waals surface area contributed by atoms with Crippen LogP contribution in [-0.2, 0) is 43.0 Å². The zero-order chi connectivity index (χ0) is 37.9. The molecular weight excluding hydrogens is 676 g/mol. The summed E-state index contributed by atoms with van der Waals surface area (Å²) in [6.45, 7) is 7.56. The van der Waals surface area contributed by atoms with E-state index in [1.165, 1.54) is 24.3 Å². The molecule has 52 heavy (non-hydrogen) atoms. The van der Waals surface area contributed by atoms with Crippen LogP contribution >= 0.6 is 0 Å². The maximum atomic E-state index is 13.1. The van der Waals surface area contributed by atoms with E-state index in [0.717, 1.165) is 6.08 Å². The number of hydrazine groups is 1. The van der Waals surface area contributed by atoms with Crippen molar-refractivity contribution in [2.24, 2.45) is 29.5 Å². The van der Waals surface area contributed by atoms with Crippen molar-refractivity contribution >= 4 is 41.4 Å². The first-order valence-corrected chi connectivity index (χ1v) is 17.9. The van der Waals surface area contributed by atoms with Crippen molar-refractivity contribution in [1.29, 1.82) is 0 Å². The van der Waals surface area contributed by atoms with Gasteiger partial charge in [-0.1, -0.05) is 13.2 Å². The van der Waals surface area contributed by atoms with Crippen molar-refractivity contribution in [3.05, 3.63) is 49.1 Å². The van der Waals surface area contributed by atoms with E-state index in [-0.39, 0.29) is 66.3 Å². The molecule has 0 spiro atoms. The molecule has 0 heterocycles. The van der Waals surface area contributed by atoms with Crippen LogP contribution in [0.4, 0.5) is 0 Å². The lowest BCUT2D eigenvalue weighted by atomic mass is 9.80. The molecule has 0 bridgehead atoms. The van der Waals surface area contributed by atoms with E-state index in [0.29, 0.717) is 90.1 Å². The summed E-state index contributed by atoms with van der Waals surface area (Å²) in [5.41, 5.74) is 1.92. The second kappa shape index (κ2) is 22.3. The van der Waals surface area contributed by atoms with E-state index in [2.05, 4.69) is 13.2 Å². The van der Waals surface area contributed by atoms with Crippen LogP contribution in [0.1, 0.15) is 93.8 Å². The molecule has 0 saturated heterocycles. The van der Waals surface area contributed by atoms with Crippen LogP contribution in [0.3, 0.4) is 0 Å². The standard InChI is InChI=1S/C38H50N2O12/c1-3-29(41)9-5-6-20-48-24-32(42)25-10-12-28(13-11-25)38(47)52-33-19-18-30(23-31(33)35(44)40-39)51-37(46)27-16-14-26(15-17-27)36(45)50-22-8-7-21-49-34(43)4-2/h3-4,18-19,23,25-28H,1-2,5-17,20-22,24,39H2,(H,40,44). The molecule has 0 atom stereocenters. The summed E-state index contributed by atoms with van der Waals surface area (Å²) in [5, 5.41) is 0. The van der Waals surface area contributed by atoms with Crippen LogP contribution in [0.5, 0.6) is 11.5 Å². The molecular formula is C38H50N2O12. The number of hydrogen-bond acceptors (Lipinski definition) is 13. The maximum Gasteiger partial charge on any atom is 0.330 e. The third-order valence-electron chi connectivity index (χ3n) is 9.29. The van der Waals surface area contributed by atoms with Crippen LogP contribution in [0.15, 0.2) is 43.5 Å². The number of ketones is 2. The number of amides is 1. The topological polar surface area (TPSA) is 204 Å². The molecule has 2 aliphatic carbocycles. The van der Waals surface area contributed by atoms with Crippen molar-refractivity contribution in [1.82, 2.24) is 5.43 Å². The minimum absolute atomic E-state index is 0.0140. The van der Waals surface area contributed by atoms with E-state index < -0.39 is 35.7 Å². The minimum atomic E-state index is -0.751. The van der Waals surface area contributed by atoms with Crippen molar-refractivity contribution < 1.29 is 57.2 Å². The molecule has 2 aliphatic rings. The fraction of sp³-hybridized carbons (Fsp3) is 0.553. The van der Waals surface area contributed by atoms with Crippen molar-refractivity contribution in [3.8, 4) is 11.5 Å². The van der Waals surface area contributed by atoms with Gasteiger partial charge in [-0.2, -0.15) is 0 Å². The summed E-state index contributed by atoms with van der Waals surface area (Å²) >= 11 is 0. The highest BCUT2D eigenvalue weighted by Crippen LogP contribution is 2.34. The number of unbranched alkanes of at least 4 members (excludes halogenated alkanes) is 2. The molecule has 2 fully saturated rings. The third kappa shape index (κ3) is 13.8. The van der Waals surface area contributed by atoms with Crippen LogP contribution < -0.4 is 20.7 Å². The molecule has 3 N–H and O–H groups in total. The highest BCUT2D eigenvalue weighted by Gasteiger charge is 2.33. The predicted molar refractivity (Wildman–Crippen MR) is 186 cm³/mol. The van der Waals surface area contributed by atoms with Gasteiger partial charge in [-0.05, 0) is 101 Å². The van der Waals surface area contributed by atoms with Gasteiger partial charge in [-0.25, -0.2) is 10.6 Å². The van der Waals surface area contributed by atoms with Crippen LogP contribution in [0.25, 0.3) is 0 Å². The first-order valence-electron chi connectivity index (χ1n) is 17.9. The number of ether oxygens (including phenoxy) is 5. The lowest BCUT2D eigenvalue weighted by molar-refractivity contribution is -0.152. The fourth-order valence-electron chi connectivity index (χ4n) is 6.15. The van der Waals surface area contributed by atoms with Crippen LogP contribution in [0.2, 0.25) is 0 Å². The van der Waals surface area contributed by atoms with Crippen molar-refractivity contribution in [2.75, 3.05) is 26.4 Å². The zero-order valence-corrected chi connectivity index (χ0v) is 29.6. The summed E-state index contributed by atoms with van der Waals surface area (Å²) in [7, 11) is 0. The molecule has 1 aromatic carbocycles. The van der Waals surface area contributed by atoms with Gasteiger partial charge in [0.2, 0.25) is 0 Å². The molecule has 14 heteroatoms. The summed E-state index contributed by atoms with van der Waals surface area (Å²) in [4.78, 5) is 86.0. The smallest absolute Gasteiger partial charge is 0.330 e. The van der Waals surface area contributed by atoms with E-state index in [4.69, 9.17) is 29.5 Å². The molecule has 1 amide bonds. The lowest BCUT2D eigenvalue weighted by Crippen LogP contribution is -2.32.